The Bertz CT molecular complexity index is 6.00. The molecule has 0 spiro atoms. The van der Waals surface area contributed by atoms with Crippen LogP contribution in [0.1, 0.15) is 0 Å². The van der Waals surface area contributed by atoms with Crippen LogP contribution in [0.25, 0.3) is 0 Å². The van der Waals surface area contributed by atoms with Gasteiger partial charge in [-0.25, -0.2) is 0 Å². The summed E-state index contributed by atoms with van der Waals surface area (Å²) >= 11 is 0. The maximum atomic E-state index is 0. The Morgan fingerprint density at radius 1 is 0.750 bits per heavy atom. The summed E-state index contributed by atoms with van der Waals surface area (Å²) < 4.78 is 0. The molecule has 0 nitrogen and oxygen atoms in total. The molecule has 0 bridgehead atoms. The zero-order valence-electron chi connectivity index (χ0n) is 2.31. The van der Waals surface area contributed by atoms with Crippen LogP contribution in [0.4, 0.5) is 0 Å². The summed E-state index contributed by atoms with van der Waals surface area (Å²) in [6.07, 6.45) is 0. The molecule has 0 aliphatic rings. The smallest absolute Gasteiger partial charge is 0 e. The molecule has 0 saturated heterocycles. The van der Waals surface area contributed by atoms with Crippen LogP contribution in [-0.2, 0) is 0 Å². The quantitative estimate of drug-likeness (QED) is 0.450. The molecular weight excluding hydrogens is 239 g/mol. The topological polar surface area (TPSA) is 0 Å². The number of hydrogen-bond acceptors (Lipinski definition) is 0. The monoisotopic (exact) mass is 238 g/mol. The fourth-order valence-corrected chi connectivity index (χ4v) is 0. The summed E-state index contributed by atoms with van der Waals surface area (Å²) in [4.78, 5) is 0. The molecule has 0 amide bonds. The minimum absolute atomic E-state index is 0. The van der Waals surface area contributed by atoms with E-state index in [1.54, 1.807) is 0 Å². The summed E-state index contributed by atoms with van der Waals surface area (Å²) in [6, 6.07) is 0. The average molecular weight is 239 g/mol. The maximum absolute atomic E-state index is 0. The summed E-state index contributed by atoms with van der Waals surface area (Å²) in [5, 5.41) is 0. The maximum Gasteiger partial charge on any atom is 0 e. The van der Waals surface area contributed by atoms with Crippen molar-refractivity contribution in [3.8, 4) is 0 Å². The molecule has 0 rings (SSSR count). The molecule has 0 saturated carbocycles. The second-order valence-electron chi connectivity index (χ2n) is 0. The first-order valence-electron chi connectivity index (χ1n) is 0. The Hall–Kier alpha value is 2.57. The van der Waals surface area contributed by atoms with Crippen LogP contribution in [0.15, 0.2) is 0 Å². The number of rotatable bonds is 0. The van der Waals surface area contributed by atoms with E-state index in [-0.39, 0.29) is 80.4 Å². The van der Waals surface area contributed by atoms with E-state index in [4.69, 9.17) is 0 Å². The van der Waals surface area contributed by atoms with Gasteiger partial charge >= 0.3 is 0 Å². The van der Waals surface area contributed by atoms with Gasteiger partial charge in [-0.2, -0.15) is 0 Å². The van der Waals surface area contributed by atoms with Gasteiger partial charge in [0, 0.05) is 80.4 Å². The van der Waals surface area contributed by atoms with Gasteiger partial charge in [0.15, 0.2) is 0 Å². The molecule has 0 unspecified atom stereocenters. The molecule has 0 aliphatic carbocycles. The van der Waals surface area contributed by atoms with Crippen LogP contribution in [0, 0.1) is 0 Å². The van der Waals surface area contributed by atoms with Crippen LogP contribution in [0.2, 0.25) is 0 Å². The molecule has 0 atom stereocenters. The van der Waals surface area contributed by atoms with Crippen molar-refractivity contribution in [1.29, 1.82) is 0 Å². The zero-order valence-corrected chi connectivity index (χ0v) is 10.3. The third kappa shape index (κ3) is 8.82. The van der Waals surface area contributed by atoms with E-state index >= 15 is 0 Å². The van der Waals surface area contributed by atoms with E-state index < -0.39 is 0 Å². The minimum Gasteiger partial charge on any atom is 0 e. The first-order chi connectivity index (χ1) is 0. The third-order valence-corrected chi connectivity index (χ3v) is 0. The zero-order chi connectivity index (χ0) is 0. The van der Waals surface area contributed by atoms with E-state index in [1.807, 2.05) is 0 Å². The van der Waals surface area contributed by atoms with Crippen molar-refractivity contribution in [2.24, 2.45) is 0 Å². The van der Waals surface area contributed by atoms with Crippen LogP contribution >= 0.6 is 0 Å². The van der Waals surface area contributed by atoms with Crippen molar-refractivity contribution < 1.29 is 0 Å². The molecule has 0 aromatic carbocycles. The van der Waals surface area contributed by atoms with Gasteiger partial charge in [0.05, 0.1) is 0 Å². The van der Waals surface area contributed by atoms with Gasteiger partial charge < -0.3 is 0 Å². The van der Waals surface area contributed by atoms with Crippen LogP contribution < -0.4 is 0 Å². The Morgan fingerprint density at radius 3 is 0.750 bits per heavy atom. The Kier molecular flexibility index (Phi) is 136. The molecule has 0 heterocycles. The van der Waals surface area contributed by atoms with Gasteiger partial charge in [-0.1, -0.05) is 0 Å². The largest absolute Gasteiger partial charge is 0 e. The van der Waals surface area contributed by atoms with Crippen molar-refractivity contribution >= 4 is 80.4 Å². The fourth-order valence-electron chi connectivity index (χ4n) is 0. The van der Waals surface area contributed by atoms with Gasteiger partial charge in [-0.05, 0) is 0 Å². The van der Waals surface area contributed by atoms with Crippen molar-refractivity contribution in [1.82, 2.24) is 0 Å². The Morgan fingerprint density at radius 2 is 0.750 bits per heavy atom. The molecule has 4 heavy (non-hydrogen) atoms. The summed E-state index contributed by atoms with van der Waals surface area (Å²) in [7, 11) is 0. The predicted octanol–water partition coefficient (Wildman–Crippen LogP) is -1.52. The van der Waals surface area contributed by atoms with Crippen molar-refractivity contribution in [3.05, 3.63) is 0 Å². The van der Waals surface area contributed by atoms with Gasteiger partial charge in [-0.15, -0.1) is 0 Å². The molecular formula is Al2GaIn. The summed E-state index contributed by atoms with van der Waals surface area (Å²) in [5.74, 6) is 0. The normalized spacial score (nSPS) is 0. The van der Waals surface area contributed by atoms with Crippen molar-refractivity contribution in [3.63, 3.8) is 0 Å². The van der Waals surface area contributed by atoms with E-state index in [0.29, 0.717) is 0 Å². The first kappa shape index (κ1) is 30.8. The standard InChI is InChI=1S/2Al.Ga.In. The Labute approximate surface area is 79.2 Å². The molecule has 0 fully saturated rings. The van der Waals surface area contributed by atoms with E-state index in [2.05, 4.69) is 0 Å². The molecule has 0 aliphatic heterocycles. The first-order valence-corrected chi connectivity index (χ1v) is 0. The van der Waals surface area contributed by atoms with Crippen LogP contribution in [0.3, 0.4) is 0 Å². The van der Waals surface area contributed by atoms with Crippen LogP contribution in [-0.4, -0.2) is 80.4 Å². The molecule has 0 aromatic rings. The molecule has 12 radical (unpaired) electrons. The van der Waals surface area contributed by atoms with Crippen molar-refractivity contribution in [2.45, 2.75) is 0 Å². The van der Waals surface area contributed by atoms with Gasteiger partial charge in [0.2, 0.25) is 0 Å². The molecule has 4 heteroatoms. The van der Waals surface area contributed by atoms with Crippen molar-refractivity contribution in [2.75, 3.05) is 0 Å². The minimum atomic E-state index is 0. The van der Waals surface area contributed by atoms with E-state index in [9.17, 15) is 0 Å². The molecule has 0 aromatic heterocycles. The van der Waals surface area contributed by atoms with Crippen LogP contribution in [0.5, 0.6) is 0 Å². The average Bonchev–Trinajstić information content (AvgIpc) is 0. The number of hydrogen-bond donors (Lipinski definition) is 0. The van der Waals surface area contributed by atoms with Gasteiger partial charge in [0.1, 0.15) is 0 Å². The summed E-state index contributed by atoms with van der Waals surface area (Å²) in [5.41, 5.74) is 0. The van der Waals surface area contributed by atoms with E-state index in [1.165, 1.54) is 0 Å². The molecule has 0 N–H and O–H groups in total. The third-order valence-electron chi connectivity index (χ3n) is 0. The summed E-state index contributed by atoms with van der Waals surface area (Å²) in [6.45, 7) is 0. The second-order valence-corrected chi connectivity index (χ2v) is 0. The Balaban J connectivity index is 0. The van der Waals surface area contributed by atoms with Gasteiger partial charge in [0.25, 0.3) is 0 Å². The predicted molar refractivity (Wildman–Crippen MR) is 23.0 cm³/mol. The van der Waals surface area contributed by atoms with Gasteiger partial charge in [-0.3, -0.25) is 0 Å². The SMILES string of the molecule is [Al].[Al].[Ga].[In]. The second kappa shape index (κ2) is 17.6. The van der Waals surface area contributed by atoms with E-state index in [0.717, 1.165) is 0 Å². The molecule has 12 valence electrons. The fraction of sp³-hybridized carbons (Fsp3) is 0.